The summed E-state index contributed by atoms with van der Waals surface area (Å²) in [5.74, 6) is 1.26. The minimum absolute atomic E-state index is 0.0589. The number of hydrogen-bond donors (Lipinski definition) is 0. The lowest BCUT2D eigenvalue weighted by atomic mass is 9.98. The van der Waals surface area contributed by atoms with Crippen molar-refractivity contribution in [2.24, 2.45) is 21.1 Å². The second-order valence-corrected chi connectivity index (χ2v) is 15.0. The van der Waals surface area contributed by atoms with Gasteiger partial charge in [-0.2, -0.15) is 9.90 Å². The Kier molecular flexibility index (Phi) is 8.61. The van der Waals surface area contributed by atoms with Gasteiger partial charge in [-0.1, -0.05) is 29.3 Å². The zero-order valence-corrected chi connectivity index (χ0v) is 32.6. The van der Waals surface area contributed by atoms with Gasteiger partial charge in [0.25, 0.3) is 5.91 Å². The van der Waals surface area contributed by atoms with Crippen LogP contribution in [0.1, 0.15) is 58.0 Å². The van der Waals surface area contributed by atoms with Crippen LogP contribution in [-0.2, 0) is 27.6 Å². The predicted molar refractivity (Wildman–Crippen MR) is 210 cm³/mol. The van der Waals surface area contributed by atoms with E-state index in [1.54, 1.807) is 7.05 Å². The number of anilines is 1. The molecule has 11 nitrogen and oxygen atoms in total. The Bertz CT molecular complexity index is 2590. The van der Waals surface area contributed by atoms with Crippen molar-refractivity contribution in [3.63, 3.8) is 0 Å². The average Bonchev–Trinajstić information content (AvgIpc) is 3.86. The van der Waals surface area contributed by atoms with Crippen molar-refractivity contribution in [3.8, 4) is 28.3 Å². The highest BCUT2D eigenvalue weighted by molar-refractivity contribution is 6.35. The SMILES string of the molecule is Cc1cc(OCCCc2c3n(c4c(-c5c(C)nn(C)c5C)c(Cl)ccc24)C(C)CN(c2cn(C)c4ccc(-c5nnn(C)n5)cc24)C3=O)cc(C)c1Cl. The zero-order valence-electron chi connectivity index (χ0n) is 31.1. The van der Waals surface area contributed by atoms with Gasteiger partial charge in [0.05, 0.1) is 35.6 Å². The Balaban J connectivity index is 1.26. The predicted octanol–water partition coefficient (Wildman–Crippen LogP) is 8.50. The quantitative estimate of drug-likeness (QED) is 0.145. The summed E-state index contributed by atoms with van der Waals surface area (Å²) in [4.78, 5) is 18.5. The smallest absolute Gasteiger partial charge is 0.275 e. The highest BCUT2D eigenvalue weighted by atomic mass is 35.5. The van der Waals surface area contributed by atoms with Crippen LogP contribution in [0.2, 0.25) is 10.0 Å². The molecule has 0 radical (unpaired) electrons. The summed E-state index contributed by atoms with van der Waals surface area (Å²) >= 11 is 13.5. The first kappa shape index (κ1) is 34.9. The van der Waals surface area contributed by atoms with Gasteiger partial charge < -0.3 is 18.8 Å². The molecule has 5 heterocycles. The number of carbonyl (C=O) groups is 1. The van der Waals surface area contributed by atoms with Crippen molar-refractivity contribution < 1.29 is 9.53 Å². The van der Waals surface area contributed by atoms with Gasteiger partial charge in [-0.25, -0.2) is 0 Å². The molecular formula is C40H41Cl2N9O2. The maximum absolute atomic E-state index is 15.2. The third-order valence-electron chi connectivity index (χ3n) is 10.6. The van der Waals surface area contributed by atoms with Crippen molar-refractivity contribution in [1.82, 2.24) is 39.1 Å². The number of amides is 1. The van der Waals surface area contributed by atoms with E-state index in [2.05, 4.69) is 44.5 Å². The number of benzene rings is 3. The average molecular weight is 751 g/mol. The Labute approximate surface area is 317 Å². The first-order valence-electron chi connectivity index (χ1n) is 17.7. The fourth-order valence-electron chi connectivity index (χ4n) is 8.06. The molecule has 4 aromatic heterocycles. The Morgan fingerprint density at radius 1 is 0.925 bits per heavy atom. The molecule has 13 heteroatoms. The topological polar surface area (TPSA) is 101 Å². The number of rotatable bonds is 8. The Morgan fingerprint density at radius 2 is 1.68 bits per heavy atom. The summed E-state index contributed by atoms with van der Waals surface area (Å²) in [7, 11) is 5.69. The first-order valence-corrected chi connectivity index (χ1v) is 18.5. The van der Waals surface area contributed by atoms with E-state index in [9.17, 15) is 0 Å². The number of nitrogens with zero attached hydrogens (tertiary/aromatic N) is 9. The molecule has 1 aliphatic heterocycles. The van der Waals surface area contributed by atoms with Gasteiger partial charge in [0.2, 0.25) is 5.82 Å². The van der Waals surface area contributed by atoms with E-state index in [-0.39, 0.29) is 11.9 Å². The van der Waals surface area contributed by atoms with E-state index >= 15 is 4.79 Å². The van der Waals surface area contributed by atoms with Crippen LogP contribution in [-0.4, -0.2) is 58.2 Å². The number of fused-ring (bicyclic) bond motifs is 4. The van der Waals surface area contributed by atoms with Crippen LogP contribution in [0.5, 0.6) is 5.75 Å². The van der Waals surface area contributed by atoms with E-state index < -0.39 is 0 Å². The molecule has 1 aliphatic rings. The van der Waals surface area contributed by atoms with Crippen LogP contribution in [0, 0.1) is 27.7 Å². The molecule has 0 N–H and O–H groups in total. The van der Waals surface area contributed by atoms with Crippen molar-refractivity contribution in [2.75, 3.05) is 18.1 Å². The van der Waals surface area contributed by atoms with Gasteiger partial charge in [-0.15, -0.1) is 10.2 Å². The lowest BCUT2D eigenvalue weighted by Crippen LogP contribution is -2.42. The van der Waals surface area contributed by atoms with Gasteiger partial charge in [0.1, 0.15) is 11.4 Å². The van der Waals surface area contributed by atoms with Crippen LogP contribution >= 0.6 is 23.2 Å². The zero-order chi connectivity index (χ0) is 37.5. The van der Waals surface area contributed by atoms with Gasteiger partial charge in [0.15, 0.2) is 0 Å². The molecule has 0 fully saturated rings. The highest BCUT2D eigenvalue weighted by Crippen LogP contribution is 2.46. The fraction of sp³-hybridized carbons (Fsp3) is 0.325. The van der Waals surface area contributed by atoms with Gasteiger partial charge in [-0.05, 0) is 106 Å². The molecule has 0 saturated carbocycles. The number of hydrogen-bond acceptors (Lipinski definition) is 6. The molecule has 7 aromatic rings. The number of aromatic nitrogens is 8. The number of aryl methyl sites for hydroxylation is 7. The molecule has 272 valence electrons. The lowest BCUT2D eigenvalue weighted by Gasteiger charge is -2.34. The summed E-state index contributed by atoms with van der Waals surface area (Å²) < 4.78 is 12.4. The molecule has 0 spiro atoms. The van der Waals surface area contributed by atoms with E-state index in [0.717, 1.165) is 83.0 Å². The molecule has 53 heavy (non-hydrogen) atoms. The van der Waals surface area contributed by atoms with Gasteiger partial charge in [0, 0.05) is 76.6 Å². The van der Waals surface area contributed by atoms with Gasteiger partial charge >= 0.3 is 0 Å². The van der Waals surface area contributed by atoms with E-state index in [1.165, 1.54) is 4.80 Å². The van der Waals surface area contributed by atoms with Crippen LogP contribution in [0.4, 0.5) is 5.69 Å². The minimum atomic E-state index is -0.0789. The monoisotopic (exact) mass is 749 g/mol. The third-order valence-corrected chi connectivity index (χ3v) is 11.5. The van der Waals surface area contributed by atoms with Crippen LogP contribution in [0.25, 0.3) is 44.3 Å². The number of carbonyl (C=O) groups excluding carboxylic acids is 1. The number of halogens is 2. The molecule has 0 saturated heterocycles. The normalized spacial score (nSPS) is 14.6. The van der Waals surface area contributed by atoms with Crippen LogP contribution in [0.3, 0.4) is 0 Å². The van der Waals surface area contributed by atoms with E-state index in [0.29, 0.717) is 42.5 Å². The maximum Gasteiger partial charge on any atom is 0.275 e. The maximum atomic E-state index is 15.2. The van der Waals surface area contributed by atoms with Gasteiger partial charge in [-0.3, -0.25) is 9.48 Å². The summed E-state index contributed by atoms with van der Waals surface area (Å²) in [5, 5.41) is 20.8. The summed E-state index contributed by atoms with van der Waals surface area (Å²) in [6.07, 6.45) is 3.36. The molecule has 1 amide bonds. The van der Waals surface area contributed by atoms with Crippen molar-refractivity contribution in [3.05, 3.63) is 92.5 Å². The summed E-state index contributed by atoms with van der Waals surface area (Å²) in [6.45, 7) is 11.2. The summed E-state index contributed by atoms with van der Waals surface area (Å²) in [5.41, 5.74) is 11.0. The summed E-state index contributed by atoms with van der Waals surface area (Å²) in [6, 6.07) is 14.0. The second-order valence-electron chi connectivity index (χ2n) is 14.2. The first-order chi connectivity index (χ1) is 25.3. The molecule has 0 aliphatic carbocycles. The van der Waals surface area contributed by atoms with Crippen molar-refractivity contribution in [2.45, 2.75) is 53.5 Å². The molecule has 8 rings (SSSR count). The van der Waals surface area contributed by atoms with Crippen LogP contribution < -0.4 is 9.64 Å². The van der Waals surface area contributed by atoms with Crippen LogP contribution in [0.15, 0.2) is 48.7 Å². The Hall–Kier alpha value is -5.13. The van der Waals surface area contributed by atoms with Crippen molar-refractivity contribution in [1.29, 1.82) is 0 Å². The lowest BCUT2D eigenvalue weighted by molar-refractivity contribution is 0.0957. The molecule has 1 unspecified atom stereocenters. The van der Waals surface area contributed by atoms with Crippen molar-refractivity contribution >= 4 is 56.6 Å². The number of tetrazole rings is 1. The minimum Gasteiger partial charge on any atom is -0.494 e. The third kappa shape index (κ3) is 5.68. The molecular weight excluding hydrogens is 709 g/mol. The largest absolute Gasteiger partial charge is 0.494 e. The fourth-order valence-corrected chi connectivity index (χ4v) is 8.42. The second kappa shape index (κ2) is 13.1. The van der Waals surface area contributed by atoms with E-state index in [1.807, 2.05) is 87.0 Å². The molecule has 0 bridgehead atoms. The Morgan fingerprint density at radius 3 is 2.36 bits per heavy atom. The standard InChI is InChI=1S/C40H41Cl2N9O2/c1-21-16-27(17-22(2)36(21)42)53-15-9-10-28-29-12-13-31(41)35(34-24(4)44-48(7)25(34)5)37(29)51-23(3)19-50(40(52)38(28)51)33-20-47(6)32-14-11-26(18-30(32)33)39-43-46-49(8)45-39/h11-14,16-18,20,23H,9-10,15,19H2,1-8H3. The molecule has 3 aromatic carbocycles. The number of ether oxygens (including phenoxy) is 1. The molecule has 1 atom stereocenters. The highest BCUT2D eigenvalue weighted by Gasteiger charge is 2.37. The van der Waals surface area contributed by atoms with E-state index in [4.69, 9.17) is 33.0 Å².